The Kier molecular flexibility index (Phi) is 3.46. The van der Waals surface area contributed by atoms with Gasteiger partial charge in [0.1, 0.15) is 6.10 Å². The van der Waals surface area contributed by atoms with E-state index in [1.54, 1.807) is 0 Å². The summed E-state index contributed by atoms with van der Waals surface area (Å²) < 4.78 is 11.3. The molecule has 1 atom stereocenters. The Labute approximate surface area is 88.1 Å². The van der Waals surface area contributed by atoms with E-state index in [2.05, 4.69) is 0 Å². The molecule has 2 heterocycles. The van der Waals surface area contributed by atoms with Gasteiger partial charge in [0.15, 0.2) is 4.27 Å². The van der Waals surface area contributed by atoms with Crippen molar-refractivity contribution < 1.29 is 9.47 Å². The van der Waals surface area contributed by atoms with Crippen molar-refractivity contribution in [3.05, 3.63) is 0 Å². The zero-order valence-electron chi connectivity index (χ0n) is 7.95. The van der Waals surface area contributed by atoms with Crippen molar-refractivity contribution in [1.29, 1.82) is 0 Å². The minimum atomic E-state index is -0.0885. The average molecular weight is 220 g/mol. The Morgan fingerprint density at radius 1 is 1.31 bits per heavy atom. The molecule has 2 rings (SSSR count). The summed E-state index contributed by atoms with van der Waals surface area (Å²) in [6, 6.07) is 0. The molecule has 0 aromatic rings. The lowest BCUT2D eigenvalue weighted by atomic mass is 10.2. The highest BCUT2D eigenvalue weighted by Crippen LogP contribution is 2.48. The van der Waals surface area contributed by atoms with Crippen LogP contribution in [-0.4, -0.2) is 35.6 Å². The third-order valence-electron chi connectivity index (χ3n) is 2.50. The molecule has 4 heteroatoms. The second-order valence-electron chi connectivity index (χ2n) is 3.36. The molecule has 0 N–H and O–H groups in total. The van der Waals surface area contributed by atoms with Crippen LogP contribution in [0.5, 0.6) is 0 Å². The maximum absolute atomic E-state index is 5.72. The topological polar surface area (TPSA) is 18.5 Å². The van der Waals surface area contributed by atoms with E-state index in [0.717, 1.165) is 13.0 Å². The third kappa shape index (κ3) is 2.01. The van der Waals surface area contributed by atoms with Gasteiger partial charge in [-0.15, -0.1) is 23.5 Å². The maximum Gasteiger partial charge on any atom is 0.186 e. The van der Waals surface area contributed by atoms with Crippen molar-refractivity contribution in [2.75, 3.05) is 25.2 Å². The standard InChI is InChI=1S/C9H16O2S2/c1-10-9(8-4-2-5-11-8)12-6-3-7-13-9/h8H,2-7H2,1H3/t8-/m1/s1. The molecule has 2 nitrogen and oxygen atoms in total. The molecular weight excluding hydrogens is 204 g/mol. The van der Waals surface area contributed by atoms with Crippen LogP contribution < -0.4 is 0 Å². The predicted octanol–water partition coefficient (Wildman–Crippen LogP) is 2.34. The predicted molar refractivity (Wildman–Crippen MR) is 58.2 cm³/mol. The number of hydrogen-bond donors (Lipinski definition) is 0. The molecule has 2 aliphatic heterocycles. The number of hydrogen-bond acceptors (Lipinski definition) is 4. The van der Waals surface area contributed by atoms with Crippen LogP contribution in [0.3, 0.4) is 0 Å². The monoisotopic (exact) mass is 220 g/mol. The van der Waals surface area contributed by atoms with E-state index >= 15 is 0 Å². The lowest BCUT2D eigenvalue weighted by Crippen LogP contribution is -2.40. The number of ether oxygens (including phenoxy) is 2. The van der Waals surface area contributed by atoms with Gasteiger partial charge >= 0.3 is 0 Å². The van der Waals surface area contributed by atoms with E-state index in [1.165, 1.54) is 24.3 Å². The highest BCUT2D eigenvalue weighted by Gasteiger charge is 2.44. The van der Waals surface area contributed by atoms with Crippen molar-refractivity contribution in [2.24, 2.45) is 0 Å². The summed E-state index contributed by atoms with van der Waals surface area (Å²) in [4.78, 5) is 0. The first-order valence-electron chi connectivity index (χ1n) is 4.82. The molecule has 0 radical (unpaired) electrons. The number of rotatable bonds is 2. The molecule has 0 aromatic heterocycles. The van der Waals surface area contributed by atoms with Crippen molar-refractivity contribution in [2.45, 2.75) is 29.6 Å². The van der Waals surface area contributed by atoms with Gasteiger partial charge in [0.2, 0.25) is 0 Å². The quantitative estimate of drug-likeness (QED) is 0.710. The fourth-order valence-electron chi connectivity index (χ4n) is 1.82. The van der Waals surface area contributed by atoms with Crippen molar-refractivity contribution in [3.63, 3.8) is 0 Å². The first-order chi connectivity index (χ1) is 6.37. The van der Waals surface area contributed by atoms with Crippen LogP contribution in [0.15, 0.2) is 0 Å². The Morgan fingerprint density at radius 3 is 2.62 bits per heavy atom. The molecule has 0 bridgehead atoms. The highest BCUT2D eigenvalue weighted by atomic mass is 32.2. The van der Waals surface area contributed by atoms with E-state index < -0.39 is 0 Å². The van der Waals surface area contributed by atoms with Crippen LogP contribution in [0.25, 0.3) is 0 Å². The molecule has 0 saturated carbocycles. The van der Waals surface area contributed by atoms with E-state index in [0.29, 0.717) is 6.10 Å². The second kappa shape index (κ2) is 4.43. The van der Waals surface area contributed by atoms with Gasteiger partial charge in [-0.2, -0.15) is 0 Å². The summed E-state index contributed by atoms with van der Waals surface area (Å²) >= 11 is 3.85. The minimum absolute atomic E-state index is 0.0885. The van der Waals surface area contributed by atoms with Crippen LogP contribution in [0.1, 0.15) is 19.3 Å². The normalized spacial score (nSPS) is 33.5. The molecule has 76 valence electrons. The van der Waals surface area contributed by atoms with Gasteiger partial charge in [-0.1, -0.05) is 0 Å². The Morgan fingerprint density at radius 2 is 2.08 bits per heavy atom. The summed E-state index contributed by atoms with van der Waals surface area (Å²) in [6.07, 6.45) is 3.96. The smallest absolute Gasteiger partial charge is 0.186 e. The largest absolute Gasteiger partial charge is 0.373 e. The Bertz CT molecular complexity index is 163. The van der Waals surface area contributed by atoms with E-state index in [-0.39, 0.29) is 4.27 Å². The van der Waals surface area contributed by atoms with Gasteiger partial charge < -0.3 is 9.47 Å². The van der Waals surface area contributed by atoms with Gasteiger partial charge in [-0.05, 0) is 30.8 Å². The van der Waals surface area contributed by atoms with E-state index in [1.807, 2.05) is 30.6 Å². The number of methoxy groups -OCH3 is 1. The molecule has 0 unspecified atom stereocenters. The van der Waals surface area contributed by atoms with E-state index in [9.17, 15) is 0 Å². The van der Waals surface area contributed by atoms with Gasteiger partial charge in [0.05, 0.1) is 0 Å². The molecule has 0 aliphatic carbocycles. The highest BCUT2D eigenvalue weighted by molar-refractivity contribution is 8.18. The molecule has 0 spiro atoms. The molecule has 2 fully saturated rings. The molecule has 0 aromatic carbocycles. The molecule has 0 amide bonds. The maximum atomic E-state index is 5.72. The Balaban J connectivity index is 2.03. The third-order valence-corrected chi connectivity index (χ3v) is 5.86. The van der Waals surface area contributed by atoms with Crippen molar-refractivity contribution in [1.82, 2.24) is 0 Å². The van der Waals surface area contributed by atoms with Gasteiger partial charge in [-0.3, -0.25) is 0 Å². The minimum Gasteiger partial charge on any atom is -0.373 e. The van der Waals surface area contributed by atoms with Gasteiger partial charge in [0.25, 0.3) is 0 Å². The van der Waals surface area contributed by atoms with Crippen molar-refractivity contribution >= 4 is 23.5 Å². The van der Waals surface area contributed by atoms with Crippen molar-refractivity contribution in [3.8, 4) is 0 Å². The Hall–Kier alpha value is 0.620. The lowest BCUT2D eigenvalue weighted by molar-refractivity contribution is 0.000528. The molecule has 13 heavy (non-hydrogen) atoms. The summed E-state index contributed by atoms with van der Waals surface area (Å²) in [6.45, 7) is 0.914. The summed E-state index contributed by atoms with van der Waals surface area (Å²) in [5, 5.41) is 0. The van der Waals surface area contributed by atoms with E-state index in [4.69, 9.17) is 9.47 Å². The molecule has 2 saturated heterocycles. The zero-order valence-corrected chi connectivity index (χ0v) is 9.59. The number of thioether (sulfide) groups is 2. The SMILES string of the molecule is COC1([C@H]2CCCO2)SCCCS1. The molecular formula is C9H16O2S2. The first-order valence-corrected chi connectivity index (χ1v) is 6.79. The summed E-state index contributed by atoms with van der Waals surface area (Å²) in [5.41, 5.74) is 0. The van der Waals surface area contributed by atoms with Crippen LogP contribution in [0.4, 0.5) is 0 Å². The zero-order chi connectivity index (χ0) is 9.15. The van der Waals surface area contributed by atoms with Crippen LogP contribution in [0.2, 0.25) is 0 Å². The summed E-state index contributed by atoms with van der Waals surface area (Å²) in [7, 11) is 1.81. The van der Waals surface area contributed by atoms with Crippen LogP contribution in [0, 0.1) is 0 Å². The molecule has 2 aliphatic rings. The fourth-order valence-corrected chi connectivity index (χ4v) is 4.96. The van der Waals surface area contributed by atoms with Gasteiger partial charge in [0, 0.05) is 13.7 Å². The van der Waals surface area contributed by atoms with Gasteiger partial charge in [-0.25, -0.2) is 0 Å². The average Bonchev–Trinajstić information content (AvgIpc) is 2.72. The van der Waals surface area contributed by atoms with Crippen LogP contribution in [-0.2, 0) is 9.47 Å². The summed E-state index contributed by atoms with van der Waals surface area (Å²) in [5.74, 6) is 2.42. The van der Waals surface area contributed by atoms with Crippen LogP contribution >= 0.6 is 23.5 Å². The first kappa shape index (κ1) is 10.1. The lowest BCUT2D eigenvalue weighted by Gasteiger charge is -2.38. The second-order valence-corrected chi connectivity index (χ2v) is 6.23. The fraction of sp³-hybridized carbons (Fsp3) is 1.00.